The van der Waals surface area contributed by atoms with Gasteiger partial charge in [-0.1, -0.05) is 0 Å². The number of aryl methyl sites for hydroxylation is 1. The number of nitrogens with zero attached hydrogens (tertiary/aromatic N) is 4. The molecule has 0 unspecified atom stereocenters. The van der Waals surface area contributed by atoms with Gasteiger partial charge in [0.25, 0.3) is 5.92 Å². The number of carbonyl (C=O) groups excluding carboxylic acids is 1. The molecule has 9 heteroatoms. The van der Waals surface area contributed by atoms with Crippen LogP contribution in [0.15, 0.2) is 12.3 Å². The number of imidazole rings is 1. The number of pyridine rings is 1. The molecule has 1 fully saturated rings. The number of anilines is 1. The van der Waals surface area contributed by atoms with Gasteiger partial charge in [0, 0.05) is 32.1 Å². The molecule has 7 nitrogen and oxygen atoms in total. The summed E-state index contributed by atoms with van der Waals surface area (Å²) in [5.41, 5.74) is 2.79. The van der Waals surface area contributed by atoms with Crippen molar-refractivity contribution in [2.45, 2.75) is 58.6 Å². The molecule has 0 aromatic carbocycles. The second kappa shape index (κ2) is 7.21. The normalized spacial score (nSPS) is 18.5. The van der Waals surface area contributed by atoms with E-state index in [0.717, 1.165) is 22.5 Å². The molecule has 1 saturated heterocycles. The number of rotatable bonds is 2. The van der Waals surface area contributed by atoms with E-state index in [2.05, 4.69) is 9.97 Å². The SMILES string of the molecule is Cc1ccnc(N2CCC(F)(F)C2)c1-c1nc2c([nH]1)CN(C(=O)OC(C)(C)C)CC2. The first-order valence-electron chi connectivity index (χ1n) is 10.2. The summed E-state index contributed by atoms with van der Waals surface area (Å²) < 4.78 is 33.1. The highest BCUT2D eigenvalue weighted by Gasteiger charge is 2.40. The van der Waals surface area contributed by atoms with E-state index in [1.807, 2.05) is 33.8 Å². The van der Waals surface area contributed by atoms with Crippen LogP contribution < -0.4 is 4.90 Å². The third kappa shape index (κ3) is 4.11. The van der Waals surface area contributed by atoms with Crippen molar-refractivity contribution in [2.75, 3.05) is 24.5 Å². The van der Waals surface area contributed by atoms with Gasteiger partial charge < -0.3 is 19.5 Å². The van der Waals surface area contributed by atoms with Gasteiger partial charge in [0.05, 0.1) is 30.0 Å². The molecule has 4 rings (SSSR count). The predicted octanol–water partition coefficient (Wildman–Crippen LogP) is 3.92. The fourth-order valence-electron chi connectivity index (χ4n) is 3.89. The fourth-order valence-corrected chi connectivity index (χ4v) is 3.89. The van der Waals surface area contributed by atoms with Crippen molar-refractivity contribution in [3.63, 3.8) is 0 Å². The quantitative estimate of drug-likeness (QED) is 0.799. The molecule has 2 aliphatic heterocycles. The Labute approximate surface area is 174 Å². The van der Waals surface area contributed by atoms with E-state index in [1.54, 1.807) is 16.0 Å². The lowest BCUT2D eigenvalue weighted by molar-refractivity contribution is 0.0219. The number of alkyl halides is 2. The standard InChI is InChI=1S/C21H27F2N5O2/c1-13-5-8-24-18(28-10-7-21(22,23)12-28)16(13)17-25-14-6-9-27(11-15(14)26-17)19(29)30-20(2,3)4/h5,8H,6-7,9-12H2,1-4H3,(H,25,26). The van der Waals surface area contributed by atoms with Crippen molar-refractivity contribution in [1.82, 2.24) is 19.9 Å². The molecule has 0 radical (unpaired) electrons. The number of hydrogen-bond donors (Lipinski definition) is 1. The van der Waals surface area contributed by atoms with E-state index in [0.29, 0.717) is 31.2 Å². The molecule has 0 aliphatic carbocycles. The maximum absolute atomic E-state index is 13.8. The molecule has 0 bridgehead atoms. The molecular weight excluding hydrogens is 392 g/mol. The first-order chi connectivity index (χ1) is 14.0. The maximum Gasteiger partial charge on any atom is 0.410 e. The van der Waals surface area contributed by atoms with Gasteiger partial charge in [0.2, 0.25) is 0 Å². The van der Waals surface area contributed by atoms with E-state index in [9.17, 15) is 13.6 Å². The molecule has 162 valence electrons. The lowest BCUT2D eigenvalue weighted by Gasteiger charge is -2.29. The Morgan fingerprint density at radius 1 is 1.30 bits per heavy atom. The lowest BCUT2D eigenvalue weighted by atomic mass is 10.1. The zero-order chi connectivity index (χ0) is 21.7. The smallest absolute Gasteiger partial charge is 0.410 e. The Morgan fingerprint density at radius 2 is 2.07 bits per heavy atom. The molecule has 2 aromatic rings. The molecule has 2 aromatic heterocycles. The van der Waals surface area contributed by atoms with Crippen LogP contribution in [0.4, 0.5) is 19.4 Å². The van der Waals surface area contributed by atoms with Crippen LogP contribution in [0.25, 0.3) is 11.4 Å². The van der Waals surface area contributed by atoms with Crippen molar-refractivity contribution < 1.29 is 18.3 Å². The largest absolute Gasteiger partial charge is 0.444 e. The second-order valence-electron chi connectivity index (χ2n) is 9.02. The highest BCUT2D eigenvalue weighted by Crippen LogP contribution is 2.37. The average molecular weight is 419 g/mol. The van der Waals surface area contributed by atoms with E-state index in [1.165, 1.54) is 0 Å². The van der Waals surface area contributed by atoms with Gasteiger partial charge in [0.1, 0.15) is 17.2 Å². The van der Waals surface area contributed by atoms with Crippen molar-refractivity contribution in [1.29, 1.82) is 0 Å². The Morgan fingerprint density at radius 3 is 2.73 bits per heavy atom. The number of aromatic nitrogens is 3. The molecule has 4 heterocycles. The van der Waals surface area contributed by atoms with E-state index in [4.69, 9.17) is 9.72 Å². The lowest BCUT2D eigenvalue weighted by Crippen LogP contribution is -2.39. The van der Waals surface area contributed by atoms with Crippen LogP contribution in [0.5, 0.6) is 0 Å². The van der Waals surface area contributed by atoms with Crippen LogP contribution in [0.1, 0.15) is 44.1 Å². The molecule has 1 amide bonds. The minimum absolute atomic E-state index is 0.179. The first-order valence-corrected chi connectivity index (χ1v) is 10.2. The Bertz CT molecular complexity index is 967. The van der Waals surface area contributed by atoms with Crippen LogP contribution in [0.3, 0.4) is 0 Å². The summed E-state index contributed by atoms with van der Waals surface area (Å²) in [7, 11) is 0. The van der Waals surface area contributed by atoms with Crippen LogP contribution in [0.2, 0.25) is 0 Å². The molecule has 30 heavy (non-hydrogen) atoms. The number of carbonyl (C=O) groups is 1. The van der Waals surface area contributed by atoms with E-state index < -0.39 is 11.5 Å². The monoisotopic (exact) mass is 419 g/mol. The second-order valence-corrected chi connectivity index (χ2v) is 9.02. The molecule has 0 spiro atoms. The van der Waals surface area contributed by atoms with Gasteiger partial charge in [-0.3, -0.25) is 0 Å². The zero-order valence-corrected chi connectivity index (χ0v) is 17.8. The van der Waals surface area contributed by atoms with Gasteiger partial charge in [-0.25, -0.2) is 23.5 Å². The third-order valence-corrected chi connectivity index (χ3v) is 5.33. The Hall–Kier alpha value is -2.71. The number of halogens is 2. The van der Waals surface area contributed by atoms with Gasteiger partial charge in [-0.15, -0.1) is 0 Å². The van der Waals surface area contributed by atoms with Crippen molar-refractivity contribution in [3.8, 4) is 11.4 Å². The fraction of sp³-hybridized carbons (Fsp3) is 0.571. The number of hydrogen-bond acceptors (Lipinski definition) is 5. The topological polar surface area (TPSA) is 74.4 Å². The summed E-state index contributed by atoms with van der Waals surface area (Å²) in [6.45, 7) is 8.22. The average Bonchev–Trinajstić information content (AvgIpc) is 3.21. The van der Waals surface area contributed by atoms with Gasteiger partial charge in [-0.05, 0) is 39.3 Å². The van der Waals surface area contributed by atoms with E-state index >= 15 is 0 Å². The minimum Gasteiger partial charge on any atom is -0.444 e. The number of aromatic amines is 1. The summed E-state index contributed by atoms with van der Waals surface area (Å²) >= 11 is 0. The highest BCUT2D eigenvalue weighted by atomic mass is 19.3. The number of ether oxygens (including phenoxy) is 1. The molecule has 2 aliphatic rings. The molecule has 0 atom stereocenters. The molecule has 1 N–H and O–H groups in total. The number of nitrogens with one attached hydrogen (secondary N) is 1. The Balaban J connectivity index is 1.62. The minimum atomic E-state index is -2.71. The molecule has 0 saturated carbocycles. The van der Waals surface area contributed by atoms with Gasteiger partial charge in [-0.2, -0.15) is 0 Å². The van der Waals surface area contributed by atoms with Crippen LogP contribution in [0, 0.1) is 6.92 Å². The number of H-pyrrole nitrogens is 1. The summed E-state index contributed by atoms with van der Waals surface area (Å²) in [4.78, 5) is 28.1. The summed E-state index contributed by atoms with van der Waals surface area (Å²) in [5, 5.41) is 0. The van der Waals surface area contributed by atoms with Crippen molar-refractivity contribution >= 4 is 11.9 Å². The number of fused-ring (bicyclic) bond motifs is 1. The third-order valence-electron chi connectivity index (χ3n) is 5.33. The first kappa shape index (κ1) is 20.6. The van der Waals surface area contributed by atoms with E-state index in [-0.39, 0.29) is 25.6 Å². The summed E-state index contributed by atoms with van der Waals surface area (Å²) in [5.74, 6) is -1.59. The highest BCUT2D eigenvalue weighted by molar-refractivity contribution is 5.75. The van der Waals surface area contributed by atoms with Crippen LogP contribution >= 0.6 is 0 Å². The maximum atomic E-state index is 13.8. The predicted molar refractivity (Wildman–Crippen MR) is 109 cm³/mol. The zero-order valence-electron chi connectivity index (χ0n) is 17.8. The van der Waals surface area contributed by atoms with Crippen molar-refractivity contribution in [2.24, 2.45) is 0 Å². The number of amides is 1. The molecular formula is C21H27F2N5O2. The van der Waals surface area contributed by atoms with Crippen LogP contribution in [-0.4, -0.2) is 57.1 Å². The van der Waals surface area contributed by atoms with Crippen LogP contribution in [-0.2, 0) is 17.7 Å². The summed E-state index contributed by atoms with van der Waals surface area (Å²) in [6, 6.07) is 1.85. The Kier molecular flexibility index (Phi) is 4.94. The summed E-state index contributed by atoms with van der Waals surface area (Å²) in [6.07, 6.45) is 1.70. The van der Waals surface area contributed by atoms with Gasteiger partial charge in [0.15, 0.2) is 0 Å². The van der Waals surface area contributed by atoms with Gasteiger partial charge >= 0.3 is 6.09 Å². The van der Waals surface area contributed by atoms with Crippen molar-refractivity contribution in [3.05, 3.63) is 29.2 Å².